The number of benzene rings is 3. The van der Waals surface area contributed by atoms with Gasteiger partial charge in [-0.15, -0.1) is 0 Å². The van der Waals surface area contributed by atoms with Gasteiger partial charge in [0, 0.05) is 16.9 Å². The van der Waals surface area contributed by atoms with Crippen molar-refractivity contribution in [2.24, 2.45) is 0 Å². The Morgan fingerprint density at radius 2 is 1.52 bits per heavy atom. The second-order valence-electron chi connectivity index (χ2n) is 8.20. The van der Waals surface area contributed by atoms with Gasteiger partial charge < -0.3 is 15.4 Å². The number of carbonyl (C=O) groups is 2. The molecule has 0 bridgehead atoms. The second kappa shape index (κ2) is 10.8. The minimum Gasteiger partial charge on any atom is -0.481 e. The van der Waals surface area contributed by atoms with Crippen molar-refractivity contribution in [1.29, 1.82) is 0 Å². The van der Waals surface area contributed by atoms with Crippen molar-refractivity contribution in [3.8, 4) is 5.75 Å². The van der Waals surface area contributed by atoms with Gasteiger partial charge in [-0.1, -0.05) is 49.7 Å². The van der Waals surface area contributed by atoms with Gasteiger partial charge in [-0.3, -0.25) is 9.59 Å². The van der Waals surface area contributed by atoms with Crippen molar-refractivity contribution < 1.29 is 14.3 Å². The van der Waals surface area contributed by atoms with Crippen LogP contribution in [0, 0.1) is 13.8 Å². The zero-order valence-electron chi connectivity index (χ0n) is 20.0. The van der Waals surface area contributed by atoms with Crippen molar-refractivity contribution >= 4 is 23.2 Å². The maximum absolute atomic E-state index is 12.8. The number of aryl methyl sites for hydroxylation is 4. The van der Waals surface area contributed by atoms with Crippen LogP contribution >= 0.6 is 0 Å². The molecule has 0 aliphatic rings. The lowest BCUT2D eigenvalue weighted by atomic mass is 10.0. The molecule has 2 amide bonds. The molecule has 2 N–H and O–H groups in total. The summed E-state index contributed by atoms with van der Waals surface area (Å²) in [7, 11) is 0. The smallest absolute Gasteiger partial charge is 0.265 e. The summed E-state index contributed by atoms with van der Waals surface area (Å²) < 4.78 is 5.79. The molecule has 0 aromatic heterocycles. The van der Waals surface area contributed by atoms with Gasteiger partial charge in [-0.25, -0.2) is 0 Å². The lowest BCUT2D eigenvalue weighted by Crippen LogP contribution is -2.30. The number of hydrogen-bond acceptors (Lipinski definition) is 3. The molecule has 3 aromatic rings. The first-order valence-electron chi connectivity index (χ1n) is 11.4. The normalized spacial score (nSPS) is 11.5. The molecule has 3 aromatic carbocycles. The van der Waals surface area contributed by atoms with Crippen molar-refractivity contribution in [2.75, 3.05) is 10.6 Å². The zero-order valence-corrected chi connectivity index (χ0v) is 20.0. The Morgan fingerprint density at radius 1 is 0.879 bits per heavy atom. The van der Waals surface area contributed by atoms with Gasteiger partial charge in [0.1, 0.15) is 5.75 Å². The van der Waals surface area contributed by atoms with E-state index in [-0.39, 0.29) is 11.8 Å². The Morgan fingerprint density at radius 3 is 2.09 bits per heavy atom. The van der Waals surface area contributed by atoms with E-state index in [9.17, 15) is 9.59 Å². The fourth-order valence-electron chi connectivity index (χ4n) is 3.72. The standard InChI is InChI=1S/C28H32N2O3/c1-6-21-9-8-10-22(7-2)26(21)30-28(32)23-12-14-24(15-13-23)33-20(5)27(31)29-25-16-11-18(3)17-19(25)4/h8-17,20H,6-7H2,1-5H3,(H,29,31)(H,30,32). The highest BCUT2D eigenvalue weighted by atomic mass is 16.5. The van der Waals surface area contributed by atoms with Crippen LogP contribution in [-0.4, -0.2) is 17.9 Å². The average molecular weight is 445 g/mol. The summed E-state index contributed by atoms with van der Waals surface area (Å²) in [5, 5.41) is 5.98. The molecule has 3 rings (SSSR count). The SMILES string of the molecule is CCc1cccc(CC)c1NC(=O)c1ccc(OC(C)C(=O)Nc2ccc(C)cc2C)cc1. The van der Waals surface area contributed by atoms with Gasteiger partial charge >= 0.3 is 0 Å². The average Bonchev–Trinajstić information content (AvgIpc) is 2.81. The maximum atomic E-state index is 12.8. The maximum Gasteiger partial charge on any atom is 0.265 e. The molecule has 0 radical (unpaired) electrons. The molecule has 172 valence electrons. The van der Waals surface area contributed by atoms with Gasteiger partial charge in [0.2, 0.25) is 0 Å². The number of amides is 2. The Hall–Kier alpha value is -3.60. The van der Waals surface area contributed by atoms with E-state index in [1.54, 1.807) is 31.2 Å². The first kappa shape index (κ1) is 24.1. The van der Waals surface area contributed by atoms with E-state index in [0.717, 1.165) is 46.5 Å². The molecule has 0 spiro atoms. The summed E-state index contributed by atoms with van der Waals surface area (Å²) >= 11 is 0. The number of rotatable bonds is 8. The third-order valence-electron chi connectivity index (χ3n) is 5.68. The highest BCUT2D eigenvalue weighted by Gasteiger charge is 2.17. The quantitative estimate of drug-likeness (QED) is 0.442. The monoisotopic (exact) mass is 444 g/mol. The molecule has 1 unspecified atom stereocenters. The fraction of sp³-hybridized carbons (Fsp3) is 0.286. The van der Waals surface area contributed by atoms with Gasteiger partial charge in [0.15, 0.2) is 6.10 Å². The molecule has 0 aliphatic heterocycles. The molecule has 0 fully saturated rings. The van der Waals surface area contributed by atoms with Gasteiger partial charge in [0.25, 0.3) is 11.8 Å². The summed E-state index contributed by atoms with van der Waals surface area (Å²) in [6, 6.07) is 18.8. The summed E-state index contributed by atoms with van der Waals surface area (Å²) in [4.78, 5) is 25.4. The van der Waals surface area contributed by atoms with Crippen LogP contribution < -0.4 is 15.4 Å². The van der Waals surface area contributed by atoms with E-state index in [1.165, 1.54) is 0 Å². The molecule has 1 atom stereocenters. The van der Waals surface area contributed by atoms with Crippen LogP contribution in [0.25, 0.3) is 0 Å². The van der Waals surface area contributed by atoms with Crippen molar-refractivity contribution in [1.82, 2.24) is 0 Å². The number of nitrogens with one attached hydrogen (secondary N) is 2. The molecular weight excluding hydrogens is 412 g/mol. The molecule has 0 saturated heterocycles. The van der Waals surface area contributed by atoms with Crippen molar-refractivity contribution in [2.45, 2.75) is 53.6 Å². The van der Waals surface area contributed by atoms with Crippen LogP contribution in [0.4, 0.5) is 11.4 Å². The number of ether oxygens (including phenoxy) is 1. The Kier molecular flexibility index (Phi) is 7.88. The largest absolute Gasteiger partial charge is 0.481 e. The third kappa shape index (κ3) is 6.01. The fourth-order valence-corrected chi connectivity index (χ4v) is 3.72. The lowest BCUT2D eigenvalue weighted by molar-refractivity contribution is -0.122. The summed E-state index contributed by atoms with van der Waals surface area (Å²) in [5.74, 6) is 0.128. The minimum absolute atomic E-state index is 0.169. The van der Waals surface area contributed by atoms with Gasteiger partial charge in [-0.2, -0.15) is 0 Å². The Bertz CT molecular complexity index is 1110. The molecule has 33 heavy (non-hydrogen) atoms. The molecule has 0 aliphatic carbocycles. The van der Waals surface area contributed by atoms with Crippen LogP contribution in [0.15, 0.2) is 60.7 Å². The van der Waals surface area contributed by atoms with Crippen LogP contribution in [0.1, 0.15) is 53.4 Å². The Labute approximate surface area is 196 Å². The first-order chi connectivity index (χ1) is 15.8. The van der Waals surface area contributed by atoms with Crippen molar-refractivity contribution in [3.05, 3.63) is 88.5 Å². The van der Waals surface area contributed by atoms with Crippen LogP contribution in [0.3, 0.4) is 0 Å². The lowest BCUT2D eigenvalue weighted by Gasteiger charge is -2.17. The number of para-hydroxylation sites is 1. The Balaban J connectivity index is 1.64. The molecule has 5 nitrogen and oxygen atoms in total. The van der Waals surface area contributed by atoms with Gasteiger partial charge in [-0.05, 0) is 80.6 Å². The summed E-state index contributed by atoms with van der Waals surface area (Å²) in [6.07, 6.45) is 1.00. The van der Waals surface area contributed by atoms with E-state index >= 15 is 0 Å². The van der Waals surface area contributed by atoms with Crippen molar-refractivity contribution in [3.63, 3.8) is 0 Å². The number of anilines is 2. The number of hydrogen-bond donors (Lipinski definition) is 2. The van der Waals surface area contributed by atoms with E-state index in [1.807, 2.05) is 50.2 Å². The summed E-state index contributed by atoms with van der Waals surface area (Å²) in [5.41, 5.74) is 6.57. The van der Waals surface area contributed by atoms with Crippen LogP contribution in [-0.2, 0) is 17.6 Å². The predicted octanol–water partition coefficient (Wildman–Crippen LogP) is 6.09. The summed E-state index contributed by atoms with van der Waals surface area (Å²) in [6.45, 7) is 9.83. The van der Waals surface area contributed by atoms with Gasteiger partial charge in [0.05, 0.1) is 0 Å². The minimum atomic E-state index is -0.686. The van der Waals surface area contributed by atoms with Crippen LogP contribution in [0.2, 0.25) is 0 Å². The van der Waals surface area contributed by atoms with E-state index in [0.29, 0.717) is 11.3 Å². The van der Waals surface area contributed by atoms with Crippen LogP contribution in [0.5, 0.6) is 5.75 Å². The van der Waals surface area contributed by atoms with E-state index in [4.69, 9.17) is 4.74 Å². The van der Waals surface area contributed by atoms with E-state index < -0.39 is 6.10 Å². The second-order valence-corrected chi connectivity index (χ2v) is 8.20. The topological polar surface area (TPSA) is 67.4 Å². The number of carbonyl (C=O) groups excluding carboxylic acids is 2. The highest BCUT2D eigenvalue weighted by Crippen LogP contribution is 2.24. The molecule has 0 saturated carbocycles. The third-order valence-corrected chi connectivity index (χ3v) is 5.68. The molecular formula is C28H32N2O3. The highest BCUT2D eigenvalue weighted by molar-refractivity contribution is 6.05. The van der Waals surface area contributed by atoms with E-state index in [2.05, 4.69) is 24.5 Å². The predicted molar refractivity (Wildman–Crippen MR) is 134 cm³/mol. The first-order valence-corrected chi connectivity index (χ1v) is 11.4. The zero-order chi connectivity index (χ0) is 24.0. The molecule has 5 heteroatoms. The molecule has 0 heterocycles.